The first-order valence-electron chi connectivity index (χ1n) is 8.71. The fourth-order valence-corrected chi connectivity index (χ4v) is 3.03. The van der Waals surface area contributed by atoms with E-state index in [-0.39, 0.29) is 0 Å². The summed E-state index contributed by atoms with van der Waals surface area (Å²) in [4.78, 5) is 11.2. The average Bonchev–Trinajstić information content (AvgIpc) is 2.96. The summed E-state index contributed by atoms with van der Waals surface area (Å²) in [6, 6.07) is 0. The molecule has 2 heterocycles. The van der Waals surface area contributed by atoms with Crippen LogP contribution in [0.25, 0.3) is 0 Å². The largest absolute Gasteiger partial charge is 0.378 e. The van der Waals surface area contributed by atoms with Gasteiger partial charge >= 0.3 is 0 Å². The van der Waals surface area contributed by atoms with E-state index in [9.17, 15) is 0 Å². The predicted molar refractivity (Wildman–Crippen MR) is 93.5 cm³/mol. The quantitative estimate of drug-likeness (QED) is 0.644. The summed E-state index contributed by atoms with van der Waals surface area (Å²) in [7, 11) is 1.84. The van der Waals surface area contributed by atoms with E-state index in [1.54, 1.807) is 0 Å². The number of likely N-dealkylation sites (tertiary alicyclic amines) is 1. The van der Waals surface area contributed by atoms with E-state index in [2.05, 4.69) is 45.5 Å². The molecular formula is C17H31N5O. The van der Waals surface area contributed by atoms with E-state index in [1.807, 2.05) is 19.4 Å². The highest BCUT2D eigenvalue weighted by molar-refractivity contribution is 5.79. The number of ether oxygens (including phenoxy) is 1. The maximum Gasteiger partial charge on any atom is 0.194 e. The molecule has 1 aromatic heterocycles. The van der Waals surface area contributed by atoms with Gasteiger partial charge in [0.2, 0.25) is 0 Å². The Morgan fingerprint density at radius 1 is 1.43 bits per heavy atom. The van der Waals surface area contributed by atoms with Gasteiger partial charge < -0.3 is 19.5 Å². The van der Waals surface area contributed by atoms with Gasteiger partial charge in [-0.05, 0) is 25.7 Å². The number of hydrogen-bond donors (Lipinski definition) is 1. The lowest BCUT2D eigenvalue weighted by Gasteiger charge is -2.34. The maximum atomic E-state index is 5.72. The molecule has 0 unspecified atom stereocenters. The number of hydrogen-bond acceptors (Lipinski definition) is 3. The van der Waals surface area contributed by atoms with Gasteiger partial charge in [-0.25, -0.2) is 4.98 Å². The number of imidazole rings is 1. The van der Waals surface area contributed by atoms with Crippen molar-refractivity contribution < 1.29 is 4.74 Å². The third-order valence-electron chi connectivity index (χ3n) is 4.12. The molecule has 0 aliphatic carbocycles. The lowest BCUT2D eigenvalue weighted by atomic mass is 10.1. The standard InChI is InChI=1S/C17H31N5O/c1-5-23-15-6-9-21(10-7-15)17(18-4)20-12-16-19-8-11-22(16)13-14(2)3/h8,11,14-15H,5-7,9-10,12-13H2,1-4H3,(H,18,20). The molecule has 2 rings (SSSR count). The molecule has 1 saturated heterocycles. The summed E-state index contributed by atoms with van der Waals surface area (Å²) in [5.41, 5.74) is 0. The summed E-state index contributed by atoms with van der Waals surface area (Å²) in [5.74, 6) is 2.63. The van der Waals surface area contributed by atoms with E-state index in [0.29, 0.717) is 18.6 Å². The van der Waals surface area contributed by atoms with E-state index in [4.69, 9.17) is 4.74 Å². The molecule has 1 aliphatic rings. The molecule has 1 aliphatic heterocycles. The molecule has 23 heavy (non-hydrogen) atoms. The van der Waals surface area contributed by atoms with Crippen LogP contribution in [0.3, 0.4) is 0 Å². The van der Waals surface area contributed by atoms with Crippen molar-refractivity contribution in [2.45, 2.75) is 52.8 Å². The Kier molecular flexibility index (Phi) is 6.89. The smallest absolute Gasteiger partial charge is 0.194 e. The van der Waals surface area contributed by atoms with E-state index >= 15 is 0 Å². The van der Waals surface area contributed by atoms with E-state index < -0.39 is 0 Å². The highest BCUT2D eigenvalue weighted by atomic mass is 16.5. The number of nitrogens with one attached hydrogen (secondary N) is 1. The fraction of sp³-hybridized carbons (Fsp3) is 0.765. The first-order valence-corrected chi connectivity index (χ1v) is 8.71. The second kappa shape index (κ2) is 8.91. The van der Waals surface area contributed by atoms with Gasteiger partial charge in [-0.15, -0.1) is 0 Å². The zero-order valence-corrected chi connectivity index (χ0v) is 15.0. The summed E-state index contributed by atoms with van der Waals surface area (Å²) in [6.45, 7) is 11.0. The molecule has 0 amide bonds. The van der Waals surface area contributed by atoms with Gasteiger partial charge in [0.05, 0.1) is 12.6 Å². The first kappa shape index (κ1) is 17.8. The Morgan fingerprint density at radius 3 is 2.78 bits per heavy atom. The van der Waals surface area contributed by atoms with Crippen LogP contribution in [-0.2, 0) is 17.8 Å². The third kappa shape index (κ3) is 5.23. The highest BCUT2D eigenvalue weighted by Crippen LogP contribution is 2.14. The molecule has 0 spiro atoms. The SMILES string of the molecule is CCOC1CCN(C(=NC)NCc2nccn2CC(C)C)CC1. The van der Waals surface area contributed by atoms with Gasteiger partial charge in [0.25, 0.3) is 0 Å². The molecule has 1 fully saturated rings. The van der Waals surface area contributed by atoms with Crippen molar-refractivity contribution in [2.75, 3.05) is 26.7 Å². The normalized spacial score (nSPS) is 17.1. The topological polar surface area (TPSA) is 54.7 Å². The molecule has 1 N–H and O–H groups in total. The van der Waals surface area contributed by atoms with Crippen LogP contribution >= 0.6 is 0 Å². The Bertz CT molecular complexity index is 489. The molecule has 0 bridgehead atoms. The summed E-state index contributed by atoms with van der Waals surface area (Å²) in [5, 5.41) is 3.45. The monoisotopic (exact) mass is 321 g/mol. The molecule has 130 valence electrons. The van der Waals surface area contributed by atoms with Gasteiger partial charge in [-0.1, -0.05) is 13.8 Å². The minimum Gasteiger partial charge on any atom is -0.378 e. The van der Waals surface area contributed by atoms with Gasteiger partial charge in [0.15, 0.2) is 5.96 Å². The maximum absolute atomic E-state index is 5.72. The molecule has 6 heteroatoms. The van der Waals surface area contributed by atoms with Crippen molar-refractivity contribution in [2.24, 2.45) is 10.9 Å². The lowest BCUT2D eigenvalue weighted by molar-refractivity contribution is 0.0263. The number of rotatable bonds is 6. The van der Waals surface area contributed by atoms with Crippen molar-refractivity contribution in [3.05, 3.63) is 18.2 Å². The van der Waals surface area contributed by atoms with Crippen LogP contribution in [0, 0.1) is 5.92 Å². The first-order chi connectivity index (χ1) is 11.1. The summed E-state index contributed by atoms with van der Waals surface area (Å²) in [6.07, 6.45) is 6.45. The molecule has 0 aromatic carbocycles. The number of nitrogens with zero attached hydrogens (tertiary/aromatic N) is 4. The number of piperidine rings is 1. The van der Waals surface area contributed by atoms with E-state index in [0.717, 1.165) is 50.9 Å². The fourth-order valence-electron chi connectivity index (χ4n) is 3.03. The average molecular weight is 321 g/mol. The van der Waals surface area contributed by atoms with Crippen LogP contribution in [0.5, 0.6) is 0 Å². The Hall–Kier alpha value is -1.56. The van der Waals surface area contributed by atoms with Crippen molar-refractivity contribution >= 4 is 5.96 Å². The Balaban J connectivity index is 1.85. The van der Waals surface area contributed by atoms with Crippen LogP contribution in [0.4, 0.5) is 0 Å². The summed E-state index contributed by atoms with van der Waals surface area (Å²) >= 11 is 0. The second-order valence-electron chi connectivity index (χ2n) is 6.43. The van der Waals surface area contributed by atoms with Gasteiger partial charge in [-0.3, -0.25) is 4.99 Å². The van der Waals surface area contributed by atoms with E-state index in [1.165, 1.54) is 0 Å². The predicted octanol–water partition coefficient (Wildman–Crippen LogP) is 2.12. The second-order valence-corrected chi connectivity index (χ2v) is 6.43. The minimum absolute atomic E-state index is 0.402. The zero-order chi connectivity index (χ0) is 16.7. The molecule has 0 saturated carbocycles. The van der Waals surface area contributed by atoms with Crippen LogP contribution in [0.1, 0.15) is 39.4 Å². The Labute approximate surface area is 139 Å². The minimum atomic E-state index is 0.402. The third-order valence-corrected chi connectivity index (χ3v) is 4.12. The number of aliphatic imine (C=N–C) groups is 1. The Morgan fingerprint density at radius 2 is 2.17 bits per heavy atom. The highest BCUT2D eigenvalue weighted by Gasteiger charge is 2.21. The molecule has 0 radical (unpaired) electrons. The van der Waals surface area contributed by atoms with Crippen molar-refractivity contribution in [3.8, 4) is 0 Å². The van der Waals surface area contributed by atoms with Crippen molar-refractivity contribution in [1.29, 1.82) is 0 Å². The van der Waals surface area contributed by atoms with Crippen LogP contribution in [-0.4, -0.2) is 53.3 Å². The number of aromatic nitrogens is 2. The molecule has 0 atom stereocenters. The van der Waals surface area contributed by atoms with Crippen LogP contribution < -0.4 is 5.32 Å². The molecular weight excluding hydrogens is 290 g/mol. The van der Waals surface area contributed by atoms with Gasteiger partial charge in [0.1, 0.15) is 5.82 Å². The van der Waals surface area contributed by atoms with Gasteiger partial charge in [0, 0.05) is 45.7 Å². The summed E-state index contributed by atoms with van der Waals surface area (Å²) < 4.78 is 7.93. The zero-order valence-electron chi connectivity index (χ0n) is 15.0. The molecule has 6 nitrogen and oxygen atoms in total. The van der Waals surface area contributed by atoms with Crippen molar-refractivity contribution in [1.82, 2.24) is 19.8 Å². The molecule has 1 aromatic rings. The lowest BCUT2D eigenvalue weighted by Crippen LogP contribution is -2.47. The van der Waals surface area contributed by atoms with Gasteiger partial charge in [-0.2, -0.15) is 0 Å². The van der Waals surface area contributed by atoms with Crippen molar-refractivity contribution in [3.63, 3.8) is 0 Å². The van der Waals surface area contributed by atoms with Crippen LogP contribution in [0.15, 0.2) is 17.4 Å². The number of guanidine groups is 1. The van der Waals surface area contributed by atoms with Crippen LogP contribution in [0.2, 0.25) is 0 Å².